The minimum Gasteiger partial charge on any atom is -0.388 e. The summed E-state index contributed by atoms with van der Waals surface area (Å²) in [6.45, 7) is 1.98. The lowest BCUT2D eigenvalue weighted by atomic mass is 10.0. The minimum absolute atomic E-state index is 0.460. The van der Waals surface area contributed by atoms with E-state index >= 15 is 0 Å². The van der Waals surface area contributed by atoms with E-state index in [9.17, 15) is 5.11 Å². The van der Waals surface area contributed by atoms with Crippen molar-refractivity contribution in [2.75, 3.05) is 0 Å². The van der Waals surface area contributed by atoms with Crippen molar-refractivity contribution >= 4 is 27.5 Å². The number of aliphatic hydroxyl groups is 1. The molecular formula is C14H13BrClNO. The number of aliphatic hydroxyl groups excluding tert-OH is 1. The largest absolute Gasteiger partial charge is 0.388 e. The molecule has 1 aromatic heterocycles. The molecule has 1 atom stereocenters. The van der Waals surface area contributed by atoms with Gasteiger partial charge in [0.1, 0.15) is 0 Å². The smallest absolute Gasteiger partial charge is 0.0859 e. The van der Waals surface area contributed by atoms with E-state index in [-0.39, 0.29) is 0 Å². The van der Waals surface area contributed by atoms with Crippen LogP contribution in [0.3, 0.4) is 0 Å². The lowest BCUT2D eigenvalue weighted by Gasteiger charge is -2.12. The lowest BCUT2D eigenvalue weighted by Crippen LogP contribution is -2.04. The average Bonchev–Trinajstić information content (AvgIpc) is 2.32. The maximum Gasteiger partial charge on any atom is 0.0859 e. The van der Waals surface area contributed by atoms with Crippen LogP contribution in [0.2, 0.25) is 5.02 Å². The Morgan fingerprint density at radius 1 is 1.33 bits per heavy atom. The van der Waals surface area contributed by atoms with Gasteiger partial charge < -0.3 is 5.11 Å². The molecule has 2 rings (SSSR count). The highest BCUT2D eigenvalue weighted by Gasteiger charge is 2.13. The molecule has 0 aliphatic heterocycles. The Hall–Kier alpha value is -0.900. The van der Waals surface area contributed by atoms with Crippen molar-refractivity contribution in [3.05, 3.63) is 62.8 Å². The summed E-state index contributed by atoms with van der Waals surface area (Å²) in [7, 11) is 0. The molecule has 1 aromatic carbocycles. The van der Waals surface area contributed by atoms with Crippen molar-refractivity contribution in [1.29, 1.82) is 0 Å². The highest BCUT2D eigenvalue weighted by atomic mass is 79.9. The van der Waals surface area contributed by atoms with E-state index < -0.39 is 6.10 Å². The van der Waals surface area contributed by atoms with E-state index in [2.05, 4.69) is 20.9 Å². The number of pyridine rings is 1. The SMILES string of the molecule is Cc1ccc(CC(O)c2ccc(Br)cc2Cl)nc1. The summed E-state index contributed by atoms with van der Waals surface area (Å²) in [5.41, 5.74) is 2.68. The van der Waals surface area contributed by atoms with Gasteiger partial charge in [0.25, 0.3) is 0 Å². The standard InChI is InChI=1S/C14H13BrClNO/c1-9-2-4-11(17-8-9)7-14(18)12-5-3-10(15)6-13(12)16/h2-6,8,14,18H,7H2,1H3. The Balaban J connectivity index is 2.16. The van der Waals surface area contributed by atoms with Crippen molar-refractivity contribution < 1.29 is 5.11 Å². The molecule has 0 fully saturated rings. The summed E-state index contributed by atoms with van der Waals surface area (Å²) in [5, 5.41) is 10.7. The number of benzene rings is 1. The second-order valence-corrected chi connectivity index (χ2v) is 5.54. The Morgan fingerprint density at radius 2 is 2.11 bits per heavy atom. The number of hydrogen-bond donors (Lipinski definition) is 1. The second kappa shape index (κ2) is 5.83. The van der Waals surface area contributed by atoms with Crippen molar-refractivity contribution in [2.45, 2.75) is 19.4 Å². The van der Waals surface area contributed by atoms with Crippen molar-refractivity contribution in [3.63, 3.8) is 0 Å². The predicted molar refractivity (Wildman–Crippen MR) is 76.8 cm³/mol. The zero-order chi connectivity index (χ0) is 13.1. The van der Waals surface area contributed by atoms with Gasteiger partial charge in [-0.2, -0.15) is 0 Å². The van der Waals surface area contributed by atoms with Gasteiger partial charge in [0.05, 0.1) is 6.10 Å². The third kappa shape index (κ3) is 3.31. The average molecular weight is 327 g/mol. The second-order valence-electron chi connectivity index (χ2n) is 4.21. The molecule has 2 nitrogen and oxygen atoms in total. The Kier molecular flexibility index (Phi) is 4.38. The number of nitrogens with zero attached hydrogens (tertiary/aromatic N) is 1. The van der Waals surface area contributed by atoms with E-state index in [1.807, 2.05) is 31.2 Å². The maximum atomic E-state index is 10.2. The van der Waals surface area contributed by atoms with E-state index in [1.54, 1.807) is 12.3 Å². The lowest BCUT2D eigenvalue weighted by molar-refractivity contribution is 0.177. The number of aryl methyl sites for hydroxylation is 1. The normalized spacial score (nSPS) is 12.4. The summed E-state index contributed by atoms with van der Waals surface area (Å²) in [6.07, 6.45) is 1.62. The zero-order valence-corrected chi connectivity index (χ0v) is 12.2. The third-order valence-corrected chi connectivity index (χ3v) is 3.52. The first kappa shape index (κ1) is 13.5. The fraction of sp³-hybridized carbons (Fsp3) is 0.214. The van der Waals surface area contributed by atoms with Gasteiger partial charge >= 0.3 is 0 Å². The molecule has 1 unspecified atom stereocenters. The van der Waals surface area contributed by atoms with Crippen LogP contribution in [0.5, 0.6) is 0 Å². The van der Waals surface area contributed by atoms with Gasteiger partial charge in [-0.1, -0.05) is 39.7 Å². The van der Waals surface area contributed by atoms with Crippen LogP contribution in [0, 0.1) is 6.92 Å². The Labute approximate surface area is 120 Å². The van der Waals surface area contributed by atoms with Crippen molar-refractivity contribution in [3.8, 4) is 0 Å². The number of halogens is 2. The third-order valence-electron chi connectivity index (χ3n) is 2.70. The topological polar surface area (TPSA) is 33.1 Å². The molecule has 4 heteroatoms. The maximum absolute atomic E-state index is 10.2. The molecule has 1 heterocycles. The molecule has 0 amide bonds. The van der Waals surface area contributed by atoms with Crippen LogP contribution < -0.4 is 0 Å². The Morgan fingerprint density at radius 3 is 2.72 bits per heavy atom. The first-order valence-corrected chi connectivity index (χ1v) is 6.78. The molecule has 94 valence electrons. The summed E-state index contributed by atoms with van der Waals surface area (Å²) in [6, 6.07) is 9.38. The molecule has 2 aromatic rings. The summed E-state index contributed by atoms with van der Waals surface area (Å²) < 4.78 is 0.900. The zero-order valence-electron chi connectivity index (χ0n) is 9.90. The van der Waals surface area contributed by atoms with E-state index in [0.29, 0.717) is 11.4 Å². The van der Waals surface area contributed by atoms with Crippen molar-refractivity contribution in [2.24, 2.45) is 0 Å². The van der Waals surface area contributed by atoms with Crippen LogP contribution in [0.25, 0.3) is 0 Å². The van der Waals surface area contributed by atoms with E-state index in [1.165, 1.54) is 0 Å². The van der Waals surface area contributed by atoms with Gasteiger partial charge in [-0.25, -0.2) is 0 Å². The molecule has 0 spiro atoms. The summed E-state index contributed by atoms with van der Waals surface area (Å²) >= 11 is 9.45. The van der Waals surface area contributed by atoms with Crippen LogP contribution in [0.4, 0.5) is 0 Å². The van der Waals surface area contributed by atoms with Gasteiger partial charge in [-0.3, -0.25) is 4.98 Å². The van der Waals surface area contributed by atoms with Crippen LogP contribution in [0.1, 0.15) is 22.9 Å². The van der Waals surface area contributed by atoms with Crippen LogP contribution in [0.15, 0.2) is 41.0 Å². The molecule has 0 aliphatic carbocycles. The van der Waals surface area contributed by atoms with Crippen LogP contribution in [-0.2, 0) is 6.42 Å². The predicted octanol–water partition coefficient (Wildman–Crippen LogP) is 4.08. The molecule has 0 saturated heterocycles. The molecule has 0 radical (unpaired) electrons. The number of hydrogen-bond acceptors (Lipinski definition) is 2. The molecule has 0 aliphatic rings. The molecule has 0 bridgehead atoms. The quantitative estimate of drug-likeness (QED) is 0.922. The monoisotopic (exact) mass is 325 g/mol. The number of aromatic nitrogens is 1. The highest BCUT2D eigenvalue weighted by Crippen LogP contribution is 2.28. The minimum atomic E-state index is -0.638. The molecular weight excluding hydrogens is 314 g/mol. The Bertz CT molecular complexity index is 542. The van der Waals surface area contributed by atoms with Crippen LogP contribution >= 0.6 is 27.5 Å². The molecule has 0 saturated carbocycles. The fourth-order valence-corrected chi connectivity index (χ4v) is 2.50. The first-order valence-electron chi connectivity index (χ1n) is 5.61. The number of rotatable bonds is 3. The van der Waals surface area contributed by atoms with Gasteiger partial charge in [-0.05, 0) is 36.2 Å². The van der Waals surface area contributed by atoms with Gasteiger partial charge in [0.2, 0.25) is 0 Å². The fourth-order valence-electron chi connectivity index (χ4n) is 1.70. The van der Waals surface area contributed by atoms with E-state index in [0.717, 1.165) is 21.3 Å². The van der Waals surface area contributed by atoms with Crippen molar-refractivity contribution in [1.82, 2.24) is 4.98 Å². The van der Waals surface area contributed by atoms with Gasteiger partial charge in [0, 0.05) is 27.8 Å². The van der Waals surface area contributed by atoms with Gasteiger partial charge in [0.15, 0.2) is 0 Å². The summed E-state index contributed by atoms with van der Waals surface area (Å²) in [4.78, 5) is 4.28. The first-order chi connectivity index (χ1) is 8.56. The van der Waals surface area contributed by atoms with Gasteiger partial charge in [-0.15, -0.1) is 0 Å². The van der Waals surface area contributed by atoms with E-state index in [4.69, 9.17) is 11.6 Å². The highest BCUT2D eigenvalue weighted by molar-refractivity contribution is 9.10. The molecule has 18 heavy (non-hydrogen) atoms. The molecule has 1 N–H and O–H groups in total. The van der Waals surface area contributed by atoms with Crippen LogP contribution in [-0.4, -0.2) is 10.1 Å². The summed E-state index contributed by atoms with van der Waals surface area (Å²) in [5.74, 6) is 0.